The lowest BCUT2D eigenvalue weighted by Crippen LogP contribution is -2.30. The summed E-state index contributed by atoms with van der Waals surface area (Å²) in [7, 11) is 0. The molecule has 2 N–H and O–H groups in total. The number of aromatic amines is 1. The van der Waals surface area contributed by atoms with Crippen molar-refractivity contribution in [2.45, 2.75) is 30.2 Å². The van der Waals surface area contributed by atoms with E-state index in [1.165, 1.54) is 42.4 Å². The van der Waals surface area contributed by atoms with Gasteiger partial charge >= 0.3 is 6.36 Å². The van der Waals surface area contributed by atoms with Gasteiger partial charge < -0.3 is 10.1 Å². The number of thioether (sulfide) groups is 1. The number of rotatable bonds is 6. The monoisotopic (exact) mass is 346 g/mol. The van der Waals surface area contributed by atoms with E-state index in [9.17, 15) is 18.0 Å². The van der Waals surface area contributed by atoms with Crippen LogP contribution >= 0.6 is 11.8 Å². The average Bonchev–Trinajstić information content (AvgIpc) is 2.97. The number of carbonyl (C=O) groups is 1. The van der Waals surface area contributed by atoms with Gasteiger partial charge in [0.15, 0.2) is 5.16 Å². The van der Waals surface area contributed by atoms with Crippen LogP contribution in [-0.2, 0) is 11.3 Å². The molecule has 0 fully saturated rings. The highest BCUT2D eigenvalue weighted by molar-refractivity contribution is 8.00. The van der Waals surface area contributed by atoms with E-state index in [0.29, 0.717) is 10.7 Å². The zero-order valence-electron chi connectivity index (χ0n) is 11.9. The summed E-state index contributed by atoms with van der Waals surface area (Å²) >= 11 is 1.22. The number of aromatic nitrogens is 3. The van der Waals surface area contributed by atoms with Gasteiger partial charge in [-0.25, -0.2) is 4.98 Å². The van der Waals surface area contributed by atoms with Crippen molar-refractivity contribution in [2.24, 2.45) is 0 Å². The van der Waals surface area contributed by atoms with Crippen molar-refractivity contribution in [1.29, 1.82) is 0 Å². The van der Waals surface area contributed by atoms with E-state index in [2.05, 4.69) is 25.2 Å². The summed E-state index contributed by atoms with van der Waals surface area (Å²) in [5.41, 5.74) is 0.657. The summed E-state index contributed by atoms with van der Waals surface area (Å²) in [6.07, 6.45) is -3.37. The van der Waals surface area contributed by atoms with E-state index in [4.69, 9.17) is 0 Å². The first-order chi connectivity index (χ1) is 10.8. The summed E-state index contributed by atoms with van der Waals surface area (Å²) < 4.78 is 39.9. The Bertz CT molecular complexity index is 632. The zero-order chi connectivity index (χ0) is 16.9. The van der Waals surface area contributed by atoms with Gasteiger partial charge in [0.25, 0.3) is 0 Å². The van der Waals surface area contributed by atoms with Gasteiger partial charge in [0.1, 0.15) is 12.1 Å². The van der Waals surface area contributed by atoms with Gasteiger partial charge in [0.05, 0.1) is 5.25 Å². The van der Waals surface area contributed by atoms with E-state index < -0.39 is 11.6 Å². The van der Waals surface area contributed by atoms with Crippen molar-refractivity contribution in [3.8, 4) is 5.75 Å². The average molecular weight is 346 g/mol. The Hall–Kier alpha value is -2.23. The Morgan fingerprint density at radius 2 is 2.09 bits per heavy atom. The van der Waals surface area contributed by atoms with Crippen LogP contribution in [0.5, 0.6) is 5.75 Å². The molecule has 1 atom stereocenters. The minimum absolute atomic E-state index is 0.201. The molecule has 1 heterocycles. The van der Waals surface area contributed by atoms with Crippen LogP contribution in [0.3, 0.4) is 0 Å². The van der Waals surface area contributed by atoms with Crippen molar-refractivity contribution in [1.82, 2.24) is 20.5 Å². The zero-order valence-corrected chi connectivity index (χ0v) is 12.7. The summed E-state index contributed by atoms with van der Waals surface area (Å²) in [4.78, 5) is 15.8. The number of alkyl halides is 3. The van der Waals surface area contributed by atoms with E-state index in [1.807, 2.05) is 0 Å². The largest absolute Gasteiger partial charge is 0.573 e. The highest BCUT2D eigenvalue weighted by Crippen LogP contribution is 2.23. The topological polar surface area (TPSA) is 79.9 Å². The van der Waals surface area contributed by atoms with Crippen LogP contribution in [0, 0.1) is 0 Å². The van der Waals surface area contributed by atoms with Gasteiger partial charge in [-0.3, -0.25) is 9.89 Å². The number of amides is 1. The second-order valence-corrected chi connectivity index (χ2v) is 5.79. The molecule has 23 heavy (non-hydrogen) atoms. The molecule has 0 bridgehead atoms. The van der Waals surface area contributed by atoms with Crippen molar-refractivity contribution in [3.63, 3.8) is 0 Å². The number of carbonyl (C=O) groups excluding carboxylic acids is 1. The summed E-state index contributed by atoms with van der Waals surface area (Å²) in [5, 5.41) is 9.15. The fourth-order valence-electron chi connectivity index (χ4n) is 1.61. The molecule has 0 aliphatic rings. The number of halogens is 3. The fourth-order valence-corrected chi connectivity index (χ4v) is 2.35. The maximum Gasteiger partial charge on any atom is 0.573 e. The second-order valence-electron chi connectivity index (χ2n) is 4.46. The Labute approximate surface area is 133 Å². The lowest BCUT2D eigenvalue weighted by molar-refractivity contribution is -0.274. The van der Waals surface area contributed by atoms with E-state index >= 15 is 0 Å². The molecule has 0 saturated heterocycles. The standard InChI is InChI=1S/C13H13F3N4O2S/c1-8(23-12-18-7-19-20-12)11(21)17-6-9-2-4-10(5-3-9)22-13(14,15)16/h2-5,7-8H,6H2,1H3,(H,17,21)(H,18,19,20)/t8-/m1/s1. The normalized spacial score (nSPS) is 12.7. The Kier molecular flexibility index (Phi) is 5.48. The van der Waals surface area contributed by atoms with Gasteiger partial charge in [0, 0.05) is 6.54 Å². The molecule has 10 heteroatoms. The maximum absolute atomic E-state index is 12.0. The molecule has 2 rings (SSSR count). The molecule has 2 aromatic rings. The third-order valence-corrected chi connectivity index (χ3v) is 3.66. The fraction of sp³-hybridized carbons (Fsp3) is 0.308. The molecule has 0 aliphatic heterocycles. The Balaban J connectivity index is 1.82. The summed E-state index contributed by atoms with van der Waals surface area (Å²) in [5.74, 6) is -0.524. The lowest BCUT2D eigenvalue weighted by atomic mass is 10.2. The predicted molar refractivity (Wildman–Crippen MR) is 76.7 cm³/mol. The highest BCUT2D eigenvalue weighted by Gasteiger charge is 2.30. The maximum atomic E-state index is 12.0. The van der Waals surface area contributed by atoms with Crippen LogP contribution in [0.1, 0.15) is 12.5 Å². The number of hydrogen-bond donors (Lipinski definition) is 2. The SMILES string of the molecule is C[C@@H](Sc1ncn[nH]1)C(=O)NCc1ccc(OC(F)(F)F)cc1. The van der Waals surface area contributed by atoms with Gasteiger partial charge in [0.2, 0.25) is 5.91 Å². The van der Waals surface area contributed by atoms with E-state index in [0.717, 1.165) is 0 Å². The molecule has 124 valence electrons. The van der Waals surface area contributed by atoms with Crippen molar-refractivity contribution in [3.05, 3.63) is 36.2 Å². The van der Waals surface area contributed by atoms with E-state index in [1.54, 1.807) is 6.92 Å². The molecule has 1 aromatic carbocycles. The minimum atomic E-state index is -4.72. The quantitative estimate of drug-likeness (QED) is 0.786. The van der Waals surface area contributed by atoms with Crippen LogP contribution in [0.4, 0.5) is 13.2 Å². The van der Waals surface area contributed by atoms with Crippen LogP contribution in [0.2, 0.25) is 0 Å². The van der Waals surface area contributed by atoms with Crippen LogP contribution < -0.4 is 10.1 Å². The number of ether oxygens (including phenoxy) is 1. The molecule has 0 spiro atoms. The third-order valence-electron chi connectivity index (χ3n) is 2.67. The first kappa shape index (κ1) is 17.1. The smallest absolute Gasteiger partial charge is 0.406 e. The van der Waals surface area contributed by atoms with Gasteiger partial charge in [-0.2, -0.15) is 5.10 Å². The molecular formula is C13H13F3N4O2S. The first-order valence-electron chi connectivity index (χ1n) is 6.48. The van der Waals surface area contributed by atoms with Crippen LogP contribution in [-0.4, -0.2) is 32.7 Å². The van der Waals surface area contributed by atoms with Gasteiger partial charge in [-0.05, 0) is 24.6 Å². The highest BCUT2D eigenvalue weighted by atomic mass is 32.2. The summed E-state index contributed by atoms with van der Waals surface area (Å²) in [6, 6.07) is 5.30. The molecule has 0 unspecified atom stereocenters. The molecule has 0 saturated carbocycles. The number of nitrogens with one attached hydrogen (secondary N) is 2. The van der Waals surface area contributed by atoms with Crippen LogP contribution in [0.15, 0.2) is 35.7 Å². The molecule has 1 amide bonds. The lowest BCUT2D eigenvalue weighted by Gasteiger charge is -2.11. The Morgan fingerprint density at radius 1 is 1.39 bits per heavy atom. The first-order valence-corrected chi connectivity index (χ1v) is 7.36. The second kappa shape index (κ2) is 7.36. The van der Waals surface area contributed by atoms with Gasteiger partial charge in [-0.1, -0.05) is 23.9 Å². The predicted octanol–water partition coefficient (Wildman–Crippen LogP) is 2.50. The number of H-pyrrole nitrogens is 1. The van der Waals surface area contributed by atoms with Crippen LogP contribution in [0.25, 0.3) is 0 Å². The van der Waals surface area contributed by atoms with E-state index in [-0.39, 0.29) is 18.2 Å². The van der Waals surface area contributed by atoms with Crippen molar-refractivity contribution < 1.29 is 22.7 Å². The molecule has 6 nitrogen and oxygen atoms in total. The number of nitrogens with zero attached hydrogens (tertiary/aromatic N) is 2. The van der Waals surface area contributed by atoms with Crippen molar-refractivity contribution in [2.75, 3.05) is 0 Å². The third kappa shape index (κ3) is 5.81. The minimum Gasteiger partial charge on any atom is -0.406 e. The molecule has 0 radical (unpaired) electrons. The number of hydrogen-bond acceptors (Lipinski definition) is 5. The summed E-state index contributed by atoms with van der Waals surface area (Å²) in [6.45, 7) is 1.91. The molecular weight excluding hydrogens is 333 g/mol. The molecule has 1 aromatic heterocycles. The van der Waals surface area contributed by atoms with Gasteiger partial charge in [-0.15, -0.1) is 13.2 Å². The number of benzene rings is 1. The Morgan fingerprint density at radius 3 is 2.65 bits per heavy atom. The molecule has 0 aliphatic carbocycles. The van der Waals surface area contributed by atoms with Crippen molar-refractivity contribution >= 4 is 17.7 Å².